The van der Waals surface area contributed by atoms with Crippen molar-refractivity contribution in [3.8, 4) is 0 Å². The third kappa shape index (κ3) is 8.51. The second-order valence-corrected chi connectivity index (χ2v) is 2.94. The van der Waals surface area contributed by atoms with Crippen LogP contribution in [0, 0.1) is 0 Å². The maximum atomic E-state index is 4.28. The summed E-state index contributed by atoms with van der Waals surface area (Å²) in [5.74, 6) is 0. The van der Waals surface area contributed by atoms with Crippen molar-refractivity contribution in [3.63, 3.8) is 0 Å². The van der Waals surface area contributed by atoms with Crippen LogP contribution < -0.4 is 0 Å². The molecule has 1 rings (SSSR count). The molecule has 0 unspecified atom stereocenters. The van der Waals surface area contributed by atoms with Gasteiger partial charge in [0.2, 0.25) is 0 Å². The molecule has 0 saturated carbocycles. The predicted octanol–water partition coefficient (Wildman–Crippen LogP) is 5.64. The quantitative estimate of drug-likeness (QED) is 0.449. The van der Waals surface area contributed by atoms with Gasteiger partial charge in [-0.15, -0.1) is 0 Å². The summed E-state index contributed by atoms with van der Waals surface area (Å²) in [5, 5.41) is 0. The number of hydrogen-bond donors (Lipinski definition) is 0. The molecule has 0 aliphatic heterocycles. The highest BCUT2D eigenvalue weighted by atomic mass is 14.7. The van der Waals surface area contributed by atoms with Crippen LogP contribution in [-0.4, -0.2) is 6.21 Å². The maximum Gasteiger partial charge on any atom is 0.0698 e. The molecule has 0 radical (unpaired) electrons. The van der Waals surface area contributed by atoms with Gasteiger partial charge >= 0.3 is 0 Å². The Bertz CT molecular complexity index is 328. The van der Waals surface area contributed by atoms with Crippen LogP contribution >= 0.6 is 0 Å². The van der Waals surface area contributed by atoms with E-state index in [1.807, 2.05) is 33.8 Å². The Morgan fingerprint density at radius 2 is 1.78 bits per heavy atom. The second kappa shape index (κ2) is 15.4. The van der Waals surface area contributed by atoms with E-state index in [1.165, 1.54) is 0 Å². The summed E-state index contributed by atoms with van der Waals surface area (Å²) in [5.41, 5.74) is 2.10. The first-order chi connectivity index (χ1) is 8.88. The van der Waals surface area contributed by atoms with Crippen LogP contribution in [0.5, 0.6) is 0 Å². The average molecular weight is 245 g/mol. The summed E-state index contributed by atoms with van der Waals surface area (Å²) in [6.07, 6.45) is 15.7. The van der Waals surface area contributed by atoms with Crippen LogP contribution in [0.25, 0.3) is 0 Å². The average Bonchev–Trinajstić information content (AvgIpc) is 2.48. The monoisotopic (exact) mass is 245 g/mol. The molecule has 0 amide bonds. The Hall–Kier alpha value is -1.63. The van der Waals surface area contributed by atoms with E-state index in [2.05, 4.69) is 36.4 Å². The zero-order chi connectivity index (χ0) is 14.2. The van der Waals surface area contributed by atoms with Gasteiger partial charge in [-0.05, 0) is 24.5 Å². The molecule has 1 heteroatoms. The molecule has 0 aromatic rings. The topological polar surface area (TPSA) is 12.4 Å². The minimum atomic E-state index is 0.941. The summed E-state index contributed by atoms with van der Waals surface area (Å²) < 4.78 is 0. The third-order valence-corrected chi connectivity index (χ3v) is 1.89. The number of nitrogens with zero attached hydrogens (tertiary/aromatic N) is 1. The van der Waals surface area contributed by atoms with E-state index in [-0.39, 0.29) is 0 Å². The summed E-state index contributed by atoms with van der Waals surface area (Å²) in [7, 11) is 0. The fraction of sp³-hybridized carbons (Fsp3) is 0.353. The smallest absolute Gasteiger partial charge is 0.0698 e. The molecule has 1 aliphatic carbocycles. The van der Waals surface area contributed by atoms with Crippen molar-refractivity contribution in [1.29, 1.82) is 0 Å². The molecule has 18 heavy (non-hydrogen) atoms. The maximum absolute atomic E-state index is 4.28. The zero-order valence-electron chi connectivity index (χ0n) is 12.3. The molecule has 1 nitrogen and oxygen atoms in total. The Kier molecular flexibility index (Phi) is 16.0. The molecule has 0 heterocycles. The van der Waals surface area contributed by atoms with Crippen molar-refractivity contribution in [2.45, 2.75) is 40.5 Å². The van der Waals surface area contributed by atoms with Gasteiger partial charge in [0.05, 0.1) is 5.70 Å². The molecule has 0 N–H and O–H groups in total. The first kappa shape index (κ1) is 18.7. The summed E-state index contributed by atoms with van der Waals surface area (Å²) in [6.45, 7) is 15.3. The van der Waals surface area contributed by atoms with Crippen molar-refractivity contribution in [1.82, 2.24) is 0 Å². The lowest BCUT2D eigenvalue weighted by Gasteiger charge is -2.06. The molecule has 0 aromatic heterocycles. The van der Waals surface area contributed by atoms with Crippen LogP contribution in [0.2, 0.25) is 0 Å². The Morgan fingerprint density at radius 3 is 2.22 bits per heavy atom. The van der Waals surface area contributed by atoms with E-state index in [1.54, 1.807) is 18.4 Å². The van der Waals surface area contributed by atoms with Crippen molar-refractivity contribution in [3.05, 3.63) is 60.9 Å². The number of allylic oxidation sites excluding steroid dienone is 6. The molecule has 1 aliphatic rings. The van der Waals surface area contributed by atoms with E-state index in [0.717, 1.165) is 24.1 Å². The van der Waals surface area contributed by atoms with E-state index >= 15 is 0 Å². The van der Waals surface area contributed by atoms with Gasteiger partial charge in [0, 0.05) is 6.21 Å². The Morgan fingerprint density at radius 1 is 1.11 bits per heavy atom. The largest absolute Gasteiger partial charge is 0.256 e. The minimum Gasteiger partial charge on any atom is -0.256 e. The van der Waals surface area contributed by atoms with E-state index < -0.39 is 0 Å². The van der Waals surface area contributed by atoms with Gasteiger partial charge in [0.1, 0.15) is 0 Å². The fourth-order valence-corrected chi connectivity index (χ4v) is 1.26. The Labute approximate surface area is 113 Å². The van der Waals surface area contributed by atoms with Crippen molar-refractivity contribution < 1.29 is 0 Å². The molecule has 0 fully saturated rings. The van der Waals surface area contributed by atoms with Gasteiger partial charge < -0.3 is 0 Å². The van der Waals surface area contributed by atoms with Crippen molar-refractivity contribution in [2.24, 2.45) is 4.99 Å². The molecule has 100 valence electrons. The van der Waals surface area contributed by atoms with Gasteiger partial charge in [0.15, 0.2) is 0 Å². The van der Waals surface area contributed by atoms with Crippen molar-refractivity contribution >= 4 is 6.21 Å². The van der Waals surface area contributed by atoms with Crippen LogP contribution in [-0.2, 0) is 0 Å². The fourth-order valence-electron chi connectivity index (χ4n) is 1.26. The first-order valence-corrected chi connectivity index (χ1v) is 6.73. The van der Waals surface area contributed by atoms with E-state index in [4.69, 9.17) is 0 Å². The highest BCUT2D eigenvalue weighted by Gasteiger charge is 2.01. The lowest BCUT2D eigenvalue weighted by molar-refractivity contribution is 1.02. The van der Waals surface area contributed by atoms with E-state index in [9.17, 15) is 0 Å². The van der Waals surface area contributed by atoms with E-state index in [0.29, 0.717) is 0 Å². The lowest BCUT2D eigenvalue weighted by atomic mass is 10.0. The minimum absolute atomic E-state index is 0.941. The zero-order valence-corrected chi connectivity index (χ0v) is 12.3. The SMILES string of the molecule is C=CC=N/C(=C\C=C)C1=CCCC=C1.CC.CC. The van der Waals surface area contributed by atoms with Crippen LogP contribution in [0.3, 0.4) is 0 Å². The normalized spacial score (nSPS) is 13.8. The summed E-state index contributed by atoms with van der Waals surface area (Å²) >= 11 is 0. The van der Waals surface area contributed by atoms with Gasteiger partial charge in [-0.2, -0.15) is 0 Å². The highest BCUT2D eigenvalue weighted by Crippen LogP contribution is 2.18. The molecule has 0 spiro atoms. The van der Waals surface area contributed by atoms with Crippen molar-refractivity contribution in [2.75, 3.05) is 0 Å². The third-order valence-electron chi connectivity index (χ3n) is 1.89. The van der Waals surface area contributed by atoms with Gasteiger partial charge in [0.25, 0.3) is 0 Å². The highest BCUT2D eigenvalue weighted by molar-refractivity contribution is 5.72. The standard InChI is InChI=1S/C13H15N.2C2H6/c1-3-8-13(14-11-4-2)12-9-6-5-7-10-12;2*1-2/h3-4,6,8-11H,1-2,5,7H2;2*1-2H3/b13-8-,14-11?;;. The summed E-state index contributed by atoms with van der Waals surface area (Å²) in [4.78, 5) is 4.28. The predicted molar refractivity (Wildman–Crippen MR) is 86.1 cm³/mol. The summed E-state index contributed by atoms with van der Waals surface area (Å²) in [6, 6.07) is 0. The van der Waals surface area contributed by atoms with Crippen LogP contribution in [0.1, 0.15) is 40.5 Å². The first-order valence-electron chi connectivity index (χ1n) is 6.73. The van der Waals surface area contributed by atoms with Crippen LogP contribution in [0.4, 0.5) is 0 Å². The molecule has 0 atom stereocenters. The lowest BCUT2D eigenvalue weighted by Crippen LogP contribution is -1.88. The second-order valence-electron chi connectivity index (χ2n) is 2.94. The van der Waals surface area contributed by atoms with Crippen LogP contribution in [0.15, 0.2) is 65.9 Å². The van der Waals surface area contributed by atoms with Gasteiger partial charge in [-0.25, -0.2) is 0 Å². The molecular formula is C17H27N. The number of hydrogen-bond acceptors (Lipinski definition) is 1. The Balaban J connectivity index is 0. The molecule has 0 bridgehead atoms. The molecule has 0 aromatic carbocycles. The molecule has 0 saturated heterocycles. The van der Waals surface area contributed by atoms with Gasteiger partial charge in [-0.3, -0.25) is 4.99 Å². The van der Waals surface area contributed by atoms with Gasteiger partial charge in [-0.1, -0.05) is 71.2 Å². The number of aliphatic imine (C=N–C) groups is 1. The number of rotatable bonds is 4. The molecular weight excluding hydrogens is 218 g/mol.